The molecular weight excluding hydrogens is 849 g/mol. The minimum atomic E-state index is -1.55. The van der Waals surface area contributed by atoms with Crippen molar-refractivity contribution in [2.75, 3.05) is 52.8 Å². The number of rotatable bonds is 27. The molecule has 1 aromatic heterocycles. The SMILES string of the molecule is C=CCCOC(=O)N(CCOCCO)C1CC(=NOCc2ccc([N+](=O)[O-])cc2)C2=CC(CCCCO)C(CCCCO)C3c4cc(OCc5cccc(C)n5)ccc4OC1(OCC=C)C23. The molecule has 3 aliphatic rings. The summed E-state index contributed by atoms with van der Waals surface area (Å²) >= 11 is 0. The number of hydrogen-bond acceptors (Lipinski definition) is 14. The van der Waals surface area contributed by atoms with Gasteiger partial charge in [0.05, 0.1) is 55.3 Å². The van der Waals surface area contributed by atoms with E-state index in [0.717, 1.165) is 48.2 Å². The van der Waals surface area contributed by atoms with Gasteiger partial charge in [-0.05, 0) is 104 Å². The Labute approximate surface area is 386 Å². The van der Waals surface area contributed by atoms with Crippen LogP contribution in [0.15, 0.2) is 103 Å². The van der Waals surface area contributed by atoms with Crippen LogP contribution in [0.25, 0.3) is 0 Å². The van der Waals surface area contributed by atoms with Gasteiger partial charge in [0.15, 0.2) is 0 Å². The number of ether oxygens (including phenoxy) is 5. The smallest absolute Gasteiger partial charge is 0.410 e. The summed E-state index contributed by atoms with van der Waals surface area (Å²) in [6, 6.07) is 16.7. The molecule has 1 aliphatic heterocycles. The molecule has 356 valence electrons. The Morgan fingerprint density at radius 1 is 0.985 bits per heavy atom. The van der Waals surface area contributed by atoms with E-state index in [-0.39, 0.29) is 95.9 Å². The van der Waals surface area contributed by atoms with Crippen LogP contribution in [0.4, 0.5) is 10.5 Å². The lowest BCUT2D eigenvalue weighted by molar-refractivity contribution is -0.384. The van der Waals surface area contributed by atoms with Gasteiger partial charge in [0.25, 0.3) is 5.69 Å². The minimum Gasteiger partial charge on any atom is -0.487 e. The third-order valence-corrected chi connectivity index (χ3v) is 12.4. The lowest BCUT2D eigenvalue weighted by atomic mass is 9.55. The average Bonchev–Trinajstić information content (AvgIpc) is 3.32. The molecule has 1 saturated carbocycles. The number of pyridine rings is 1. The zero-order valence-electron chi connectivity index (χ0n) is 37.8. The van der Waals surface area contributed by atoms with Crippen molar-refractivity contribution in [3.63, 3.8) is 0 Å². The van der Waals surface area contributed by atoms with Crippen LogP contribution in [0.3, 0.4) is 0 Å². The molecule has 2 aliphatic carbocycles. The number of nitro benzene ring substituents is 1. The summed E-state index contributed by atoms with van der Waals surface area (Å²) in [5, 5.41) is 45.7. The van der Waals surface area contributed by atoms with Crippen LogP contribution in [-0.2, 0) is 32.3 Å². The molecule has 1 fully saturated rings. The van der Waals surface area contributed by atoms with Gasteiger partial charge >= 0.3 is 6.09 Å². The standard InChI is InChI=1S/C50H64N4O12/c1-4-6-27-62-49(58)53(22-28-61-29-25-57)46-32-44(52-65-33-36-16-18-39(19-17-36)54(59)60)42-30-37(13-7-9-23-55)41(15-8-10-24-56)47-43-31-40(63-34-38-14-11-12-35(3)51-38)20-21-45(43)66-50(46,48(42)47)64-26-5-2/h4-5,11-12,14,16-21,30-31,37,41,46-48,55-57H,1-2,6-10,13,15,22-29,32-34H2,3H3. The Balaban J connectivity index is 1.55. The number of aliphatic hydroxyl groups is 3. The fourth-order valence-corrected chi connectivity index (χ4v) is 9.49. The minimum absolute atomic E-state index is 0.00743. The molecule has 66 heavy (non-hydrogen) atoms. The molecule has 6 atom stereocenters. The van der Waals surface area contributed by atoms with Crippen molar-refractivity contribution in [1.29, 1.82) is 0 Å². The van der Waals surface area contributed by atoms with E-state index in [1.54, 1.807) is 29.2 Å². The van der Waals surface area contributed by atoms with Crippen molar-refractivity contribution < 1.29 is 53.6 Å². The number of fused-ring (bicyclic) bond motifs is 2. The second kappa shape index (κ2) is 24.8. The fourth-order valence-electron chi connectivity index (χ4n) is 9.49. The van der Waals surface area contributed by atoms with Gasteiger partial charge in [-0.15, -0.1) is 13.2 Å². The highest BCUT2D eigenvalue weighted by Gasteiger charge is 2.65. The van der Waals surface area contributed by atoms with E-state index < -0.39 is 28.8 Å². The largest absolute Gasteiger partial charge is 0.487 e. The number of nitro groups is 1. The quantitative estimate of drug-likeness (QED) is 0.0290. The maximum atomic E-state index is 14.5. The molecule has 16 heteroatoms. The molecule has 2 heterocycles. The van der Waals surface area contributed by atoms with Crippen LogP contribution in [0, 0.1) is 34.8 Å². The lowest BCUT2D eigenvalue weighted by Crippen LogP contribution is -2.70. The van der Waals surface area contributed by atoms with Gasteiger partial charge in [-0.1, -0.05) is 42.3 Å². The normalized spacial score (nSPS) is 22.3. The van der Waals surface area contributed by atoms with E-state index in [4.69, 9.17) is 33.7 Å². The van der Waals surface area contributed by atoms with Crippen LogP contribution in [-0.4, -0.2) is 107 Å². The molecule has 0 radical (unpaired) electrons. The molecule has 3 N–H and O–H groups in total. The Morgan fingerprint density at radius 3 is 2.48 bits per heavy atom. The van der Waals surface area contributed by atoms with Crippen LogP contribution in [0.1, 0.15) is 79.8 Å². The van der Waals surface area contributed by atoms with E-state index in [1.165, 1.54) is 12.1 Å². The van der Waals surface area contributed by atoms with Gasteiger partial charge in [-0.25, -0.2) is 4.79 Å². The number of allylic oxidation sites excluding steroid dienone is 1. The summed E-state index contributed by atoms with van der Waals surface area (Å²) in [6.45, 7) is 10.2. The molecule has 0 spiro atoms. The van der Waals surface area contributed by atoms with Gasteiger partial charge in [0, 0.05) is 55.5 Å². The maximum absolute atomic E-state index is 14.5. The first-order chi connectivity index (χ1) is 32.2. The molecule has 16 nitrogen and oxygen atoms in total. The predicted molar refractivity (Wildman–Crippen MR) is 247 cm³/mol. The summed E-state index contributed by atoms with van der Waals surface area (Å²) in [5.41, 5.74) is 4.55. The van der Waals surface area contributed by atoms with Crippen molar-refractivity contribution in [2.24, 2.45) is 22.9 Å². The molecule has 0 bridgehead atoms. The van der Waals surface area contributed by atoms with Gasteiger partial charge in [0.2, 0.25) is 5.79 Å². The second-order valence-corrected chi connectivity index (χ2v) is 16.7. The number of nitrogens with zero attached hydrogens (tertiary/aromatic N) is 4. The summed E-state index contributed by atoms with van der Waals surface area (Å²) in [5.74, 6) is -1.35. The summed E-state index contributed by atoms with van der Waals surface area (Å²) in [7, 11) is 0. The molecule has 6 unspecified atom stereocenters. The van der Waals surface area contributed by atoms with Crippen LogP contribution in [0.2, 0.25) is 0 Å². The first-order valence-corrected chi connectivity index (χ1v) is 22.9. The van der Waals surface area contributed by atoms with E-state index >= 15 is 0 Å². The first-order valence-electron chi connectivity index (χ1n) is 22.9. The predicted octanol–water partition coefficient (Wildman–Crippen LogP) is 7.73. The Kier molecular flexibility index (Phi) is 18.7. The average molecular weight is 913 g/mol. The highest BCUT2D eigenvalue weighted by Crippen LogP contribution is 2.62. The summed E-state index contributed by atoms with van der Waals surface area (Å²) in [4.78, 5) is 37.7. The second-order valence-electron chi connectivity index (χ2n) is 16.7. The van der Waals surface area contributed by atoms with E-state index in [1.807, 2.05) is 43.3 Å². The van der Waals surface area contributed by atoms with Crippen LogP contribution in [0.5, 0.6) is 11.5 Å². The van der Waals surface area contributed by atoms with E-state index in [9.17, 15) is 30.2 Å². The number of amides is 1. The Hall–Kier alpha value is -5.65. The van der Waals surface area contributed by atoms with Crippen LogP contribution >= 0.6 is 0 Å². The number of benzene rings is 2. The van der Waals surface area contributed by atoms with Crippen molar-refractivity contribution >= 4 is 17.5 Å². The topological polar surface area (TPSA) is 205 Å². The van der Waals surface area contributed by atoms with Crippen LogP contribution < -0.4 is 9.47 Å². The number of unbranched alkanes of at least 4 members (excludes halogenated alkanes) is 2. The molecule has 2 aromatic carbocycles. The van der Waals surface area contributed by atoms with Crippen molar-refractivity contribution in [2.45, 2.75) is 89.3 Å². The number of aryl methyl sites for hydroxylation is 1. The Morgan fingerprint density at radius 2 is 1.77 bits per heavy atom. The summed E-state index contributed by atoms with van der Waals surface area (Å²) < 4.78 is 32.4. The first kappa shape index (κ1) is 49.8. The summed E-state index contributed by atoms with van der Waals surface area (Å²) in [6.07, 6.45) is 9.66. The molecule has 3 aromatic rings. The highest BCUT2D eigenvalue weighted by molar-refractivity contribution is 6.03. The molecule has 1 amide bonds. The zero-order chi connectivity index (χ0) is 46.9. The number of oxime groups is 1. The van der Waals surface area contributed by atoms with E-state index in [0.29, 0.717) is 42.0 Å². The Bertz CT molecular complexity index is 2150. The lowest BCUT2D eigenvalue weighted by Gasteiger charge is -2.59. The molecular formula is C50H64N4O12. The number of carbonyl (C=O) groups is 1. The molecule has 6 rings (SSSR count). The van der Waals surface area contributed by atoms with Crippen molar-refractivity contribution in [3.8, 4) is 11.5 Å². The number of aromatic nitrogens is 1. The molecule has 0 saturated heterocycles. The van der Waals surface area contributed by atoms with Crippen molar-refractivity contribution in [1.82, 2.24) is 9.88 Å². The number of non-ortho nitro benzene ring substituents is 1. The fraction of sp³-hybridized carbons (Fsp3) is 0.500. The highest BCUT2D eigenvalue weighted by atomic mass is 16.7. The monoisotopic (exact) mass is 912 g/mol. The van der Waals surface area contributed by atoms with Gasteiger partial charge in [-0.3, -0.25) is 20.0 Å². The third kappa shape index (κ3) is 12.2. The zero-order valence-corrected chi connectivity index (χ0v) is 37.8. The van der Waals surface area contributed by atoms with E-state index in [2.05, 4.69) is 24.2 Å². The third-order valence-electron chi connectivity index (χ3n) is 12.4. The number of hydrogen-bond donors (Lipinski definition) is 3. The van der Waals surface area contributed by atoms with Crippen molar-refractivity contribution in [3.05, 3.63) is 130 Å². The van der Waals surface area contributed by atoms with Gasteiger partial charge in [0.1, 0.15) is 30.8 Å². The maximum Gasteiger partial charge on any atom is 0.410 e. The van der Waals surface area contributed by atoms with Gasteiger partial charge < -0.3 is 43.8 Å². The number of carbonyl (C=O) groups excluding carboxylic acids is 1. The van der Waals surface area contributed by atoms with Gasteiger partial charge in [-0.2, -0.15) is 0 Å². The number of aliphatic hydroxyl groups excluding tert-OH is 3.